The lowest BCUT2D eigenvalue weighted by atomic mass is 9.86. The first kappa shape index (κ1) is 14.0. The van der Waals surface area contributed by atoms with Crippen LogP contribution in [0.1, 0.15) is 29.8 Å². The Labute approximate surface area is 125 Å². The van der Waals surface area contributed by atoms with Gasteiger partial charge in [-0.1, -0.05) is 12.2 Å². The Morgan fingerprint density at radius 2 is 1.71 bits per heavy atom. The van der Waals surface area contributed by atoms with Crippen molar-refractivity contribution in [3.8, 4) is 0 Å². The van der Waals surface area contributed by atoms with Crippen molar-refractivity contribution in [2.75, 3.05) is 18.8 Å². The molecule has 2 N–H and O–H groups in total. The maximum atomic E-state index is 12.6. The van der Waals surface area contributed by atoms with Crippen LogP contribution in [0, 0.1) is 25.7 Å². The summed E-state index contributed by atoms with van der Waals surface area (Å²) in [5, 5.41) is 0. The van der Waals surface area contributed by atoms with E-state index in [-0.39, 0.29) is 11.9 Å². The van der Waals surface area contributed by atoms with Crippen LogP contribution in [0.5, 0.6) is 0 Å². The van der Waals surface area contributed by atoms with Crippen LogP contribution in [0.3, 0.4) is 0 Å². The van der Waals surface area contributed by atoms with Crippen LogP contribution in [0.15, 0.2) is 12.2 Å². The van der Waals surface area contributed by atoms with Gasteiger partial charge in [-0.2, -0.15) is 0 Å². The van der Waals surface area contributed by atoms with Gasteiger partial charge in [0.25, 0.3) is 0 Å². The van der Waals surface area contributed by atoms with E-state index in [1.54, 1.807) is 0 Å². The van der Waals surface area contributed by atoms with E-state index in [0.29, 0.717) is 18.3 Å². The molecule has 0 spiro atoms. The quantitative estimate of drug-likeness (QED) is 0.839. The minimum Gasteiger partial charge on any atom is -0.368 e. The van der Waals surface area contributed by atoms with E-state index >= 15 is 0 Å². The summed E-state index contributed by atoms with van der Waals surface area (Å²) in [6.45, 7) is 5.56. The first-order valence-electron chi connectivity index (χ1n) is 7.57. The third-order valence-electron chi connectivity index (χ3n) is 4.74. The van der Waals surface area contributed by atoms with Crippen molar-refractivity contribution in [1.82, 2.24) is 14.9 Å². The number of hydrogen-bond donors (Lipinski definition) is 1. The third-order valence-corrected chi connectivity index (χ3v) is 4.74. The average molecular weight is 286 g/mol. The van der Waals surface area contributed by atoms with Crippen LogP contribution in [-0.4, -0.2) is 33.9 Å². The molecule has 1 aliphatic carbocycles. The first-order chi connectivity index (χ1) is 10.0. The van der Waals surface area contributed by atoms with Crippen molar-refractivity contribution in [1.29, 1.82) is 0 Å². The molecule has 2 atom stereocenters. The van der Waals surface area contributed by atoms with E-state index in [1.165, 1.54) is 0 Å². The maximum absolute atomic E-state index is 12.6. The highest BCUT2D eigenvalue weighted by atomic mass is 16.2. The van der Waals surface area contributed by atoms with Crippen molar-refractivity contribution in [3.05, 3.63) is 29.1 Å². The van der Waals surface area contributed by atoms with E-state index in [1.807, 2.05) is 18.7 Å². The van der Waals surface area contributed by atoms with Gasteiger partial charge < -0.3 is 10.6 Å². The van der Waals surface area contributed by atoms with Crippen molar-refractivity contribution in [3.63, 3.8) is 0 Å². The van der Waals surface area contributed by atoms with E-state index in [2.05, 4.69) is 22.1 Å². The first-order valence-corrected chi connectivity index (χ1v) is 7.57. The van der Waals surface area contributed by atoms with Gasteiger partial charge in [0, 0.05) is 30.0 Å². The van der Waals surface area contributed by atoms with Crippen LogP contribution >= 0.6 is 0 Å². The molecule has 1 fully saturated rings. The molecule has 2 heterocycles. The second-order valence-corrected chi connectivity index (χ2v) is 6.17. The molecule has 1 saturated heterocycles. The number of likely N-dealkylation sites (tertiary alicyclic amines) is 1. The Hall–Kier alpha value is -1.91. The number of hydrogen-bond acceptors (Lipinski definition) is 4. The zero-order valence-corrected chi connectivity index (χ0v) is 12.7. The highest BCUT2D eigenvalue weighted by Crippen LogP contribution is 2.33. The van der Waals surface area contributed by atoms with Gasteiger partial charge in [0.05, 0.1) is 6.42 Å². The number of aryl methyl sites for hydroxylation is 2. The number of carbonyl (C=O) groups excluding carboxylic acids is 1. The van der Waals surface area contributed by atoms with Crippen LogP contribution in [-0.2, 0) is 11.2 Å². The number of nitrogen functional groups attached to an aromatic ring is 1. The molecule has 3 rings (SSSR count). The summed E-state index contributed by atoms with van der Waals surface area (Å²) < 4.78 is 0. The molecule has 0 unspecified atom stereocenters. The van der Waals surface area contributed by atoms with Crippen LogP contribution < -0.4 is 5.73 Å². The SMILES string of the molecule is Cc1nc(N)nc(C)c1CC(=O)N1C[C@H]2CC=CC[C@H]2C1. The molecule has 5 nitrogen and oxygen atoms in total. The van der Waals surface area contributed by atoms with Gasteiger partial charge in [-0.25, -0.2) is 9.97 Å². The minimum absolute atomic E-state index is 0.184. The van der Waals surface area contributed by atoms with Crippen LogP contribution in [0.4, 0.5) is 5.95 Å². The Kier molecular flexibility index (Phi) is 3.66. The van der Waals surface area contributed by atoms with Gasteiger partial charge in [0.2, 0.25) is 11.9 Å². The molecule has 1 aliphatic heterocycles. The lowest BCUT2D eigenvalue weighted by Gasteiger charge is -2.17. The van der Waals surface area contributed by atoms with Crippen molar-refractivity contribution >= 4 is 11.9 Å². The summed E-state index contributed by atoms with van der Waals surface area (Å²) in [5.41, 5.74) is 8.18. The van der Waals surface area contributed by atoms with Gasteiger partial charge in [-0.15, -0.1) is 0 Å². The molecule has 112 valence electrons. The summed E-state index contributed by atoms with van der Waals surface area (Å²) in [6.07, 6.45) is 7.09. The number of allylic oxidation sites excluding steroid dienone is 2. The highest BCUT2D eigenvalue weighted by Gasteiger charge is 2.35. The highest BCUT2D eigenvalue weighted by molar-refractivity contribution is 5.79. The fraction of sp³-hybridized carbons (Fsp3) is 0.562. The third kappa shape index (κ3) is 2.77. The Morgan fingerprint density at radius 3 is 2.24 bits per heavy atom. The van der Waals surface area contributed by atoms with Gasteiger partial charge in [0.15, 0.2) is 0 Å². The van der Waals surface area contributed by atoms with Crippen molar-refractivity contribution < 1.29 is 4.79 Å². The van der Waals surface area contributed by atoms with Crippen LogP contribution in [0.2, 0.25) is 0 Å². The van der Waals surface area contributed by atoms with E-state index in [0.717, 1.165) is 42.9 Å². The Balaban J connectivity index is 1.70. The molecule has 1 aromatic heterocycles. The molecule has 21 heavy (non-hydrogen) atoms. The zero-order valence-electron chi connectivity index (χ0n) is 12.7. The molecule has 1 aromatic rings. The summed E-state index contributed by atoms with van der Waals surface area (Å²) in [7, 11) is 0. The predicted molar refractivity (Wildman–Crippen MR) is 81.6 cm³/mol. The standard InChI is InChI=1S/C16H22N4O/c1-10-14(11(2)19-16(17)18-10)7-15(21)20-8-12-5-3-4-6-13(12)9-20/h3-4,12-13H,5-9H2,1-2H3,(H2,17,18,19)/t12-,13+. The molecule has 5 heteroatoms. The van der Waals surface area contributed by atoms with Gasteiger partial charge in [-0.05, 0) is 38.5 Å². The number of anilines is 1. The van der Waals surface area contributed by atoms with Gasteiger partial charge in [-0.3, -0.25) is 4.79 Å². The lowest BCUT2D eigenvalue weighted by Crippen LogP contribution is -2.31. The van der Waals surface area contributed by atoms with Crippen molar-refractivity contribution in [2.24, 2.45) is 11.8 Å². The molecule has 0 saturated carbocycles. The average Bonchev–Trinajstić information content (AvgIpc) is 2.86. The zero-order chi connectivity index (χ0) is 15.0. The lowest BCUT2D eigenvalue weighted by molar-refractivity contribution is -0.129. The molecule has 2 aliphatic rings. The smallest absolute Gasteiger partial charge is 0.227 e. The number of rotatable bonds is 2. The normalized spacial score (nSPS) is 24.2. The second-order valence-electron chi connectivity index (χ2n) is 6.17. The Morgan fingerprint density at radius 1 is 1.19 bits per heavy atom. The van der Waals surface area contributed by atoms with Crippen LogP contribution in [0.25, 0.3) is 0 Å². The second kappa shape index (κ2) is 5.47. The fourth-order valence-electron chi connectivity index (χ4n) is 3.50. The topological polar surface area (TPSA) is 72.1 Å². The maximum Gasteiger partial charge on any atom is 0.227 e. The number of nitrogens with two attached hydrogens (primary N) is 1. The number of carbonyl (C=O) groups is 1. The van der Waals surface area contributed by atoms with Gasteiger partial charge in [0.1, 0.15) is 0 Å². The largest absolute Gasteiger partial charge is 0.368 e. The fourth-order valence-corrected chi connectivity index (χ4v) is 3.50. The molecular weight excluding hydrogens is 264 g/mol. The molecule has 0 bridgehead atoms. The number of nitrogens with zero attached hydrogens (tertiary/aromatic N) is 3. The monoisotopic (exact) mass is 286 g/mol. The number of fused-ring (bicyclic) bond motifs is 1. The molecule has 1 amide bonds. The molecular formula is C16H22N4O. The van der Waals surface area contributed by atoms with E-state index in [9.17, 15) is 4.79 Å². The number of aromatic nitrogens is 2. The molecule has 0 aromatic carbocycles. The predicted octanol–water partition coefficient (Wildman–Crippen LogP) is 1.64. The molecule has 0 radical (unpaired) electrons. The minimum atomic E-state index is 0.184. The summed E-state index contributed by atoms with van der Waals surface area (Å²) in [5.74, 6) is 1.75. The summed E-state index contributed by atoms with van der Waals surface area (Å²) >= 11 is 0. The van der Waals surface area contributed by atoms with E-state index < -0.39 is 0 Å². The van der Waals surface area contributed by atoms with Gasteiger partial charge >= 0.3 is 0 Å². The Bertz CT molecular complexity index is 557. The number of amides is 1. The van der Waals surface area contributed by atoms with E-state index in [4.69, 9.17) is 5.73 Å². The summed E-state index contributed by atoms with van der Waals surface area (Å²) in [4.78, 5) is 22.9. The summed E-state index contributed by atoms with van der Waals surface area (Å²) in [6, 6.07) is 0. The van der Waals surface area contributed by atoms with Crippen molar-refractivity contribution in [2.45, 2.75) is 33.1 Å².